The molecule has 110 valence electrons. The molecule has 5 heteroatoms. The van der Waals surface area contributed by atoms with E-state index in [1.165, 1.54) is 7.11 Å². The topological polar surface area (TPSA) is 70.6 Å². The van der Waals surface area contributed by atoms with E-state index in [0.29, 0.717) is 5.92 Å². The molecule has 3 N–H and O–H groups in total. The highest BCUT2D eigenvalue weighted by Crippen LogP contribution is 2.40. The van der Waals surface area contributed by atoms with E-state index in [2.05, 4.69) is 10.6 Å². The van der Waals surface area contributed by atoms with Crippen LogP contribution >= 0.6 is 0 Å². The van der Waals surface area contributed by atoms with Crippen LogP contribution in [0.4, 0.5) is 4.79 Å². The predicted molar refractivity (Wildman–Crippen MR) is 76.3 cm³/mol. The van der Waals surface area contributed by atoms with Crippen LogP contribution in [0.2, 0.25) is 0 Å². The summed E-state index contributed by atoms with van der Waals surface area (Å²) in [5.74, 6) is 0.520. The third kappa shape index (κ3) is 4.51. The van der Waals surface area contributed by atoms with Crippen molar-refractivity contribution >= 4 is 6.03 Å². The lowest BCUT2D eigenvalue weighted by molar-refractivity contribution is 0.0659. The largest absolute Gasteiger partial charge is 0.389 e. The van der Waals surface area contributed by atoms with Gasteiger partial charge >= 0.3 is 6.03 Å². The van der Waals surface area contributed by atoms with Gasteiger partial charge in [-0.25, -0.2) is 4.79 Å². The van der Waals surface area contributed by atoms with Gasteiger partial charge in [0, 0.05) is 13.7 Å². The van der Waals surface area contributed by atoms with Crippen LogP contribution in [0.5, 0.6) is 0 Å². The maximum Gasteiger partial charge on any atom is 0.315 e. The summed E-state index contributed by atoms with van der Waals surface area (Å²) in [5.41, 5.74) is 1.13. The first-order valence-corrected chi connectivity index (χ1v) is 6.97. The summed E-state index contributed by atoms with van der Waals surface area (Å²) >= 11 is 0. The van der Waals surface area contributed by atoms with Crippen LogP contribution in [-0.2, 0) is 4.74 Å². The fourth-order valence-corrected chi connectivity index (χ4v) is 2.22. The maximum atomic E-state index is 11.9. The summed E-state index contributed by atoms with van der Waals surface area (Å²) < 4.78 is 4.81. The van der Waals surface area contributed by atoms with Crippen molar-refractivity contribution in [3.63, 3.8) is 0 Å². The zero-order chi connectivity index (χ0) is 14.4. The van der Waals surface area contributed by atoms with Gasteiger partial charge < -0.3 is 20.5 Å². The summed E-state index contributed by atoms with van der Waals surface area (Å²) in [6.07, 6.45) is 1.61. The van der Waals surface area contributed by atoms with E-state index < -0.39 is 6.10 Å². The molecule has 2 rings (SSSR count). The number of amides is 2. The number of carbonyl (C=O) groups is 1. The average Bonchev–Trinajstić information content (AvgIpc) is 3.28. The Morgan fingerprint density at radius 3 is 2.70 bits per heavy atom. The number of aliphatic hydroxyl groups is 1. The molecule has 2 unspecified atom stereocenters. The third-order valence-corrected chi connectivity index (χ3v) is 3.40. The summed E-state index contributed by atoms with van der Waals surface area (Å²) in [4.78, 5) is 11.9. The van der Waals surface area contributed by atoms with Crippen LogP contribution in [-0.4, -0.2) is 37.5 Å². The first-order chi connectivity index (χ1) is 9.70. The zero-order valence-electron chi connectivity index (χ0n) is 11.7. The summed E-state index contributed by atoms with van der Waals surface area (Å²) in [5, 5.41) is 15.2. The number of methoxy groups -OCH3 is 1. The number of benzene rings is 1. The molecule has 1 aliphatic carbocycles. The van der Waals surface area contributed by atoms with Gasteiger partial charge in [0.25, 0.3) is 0 Å². The molecule has 5 nitrogen and oxygen atoms in total. The number of aliphatic hydroxyl groups excluding tert-OH is 1. The molecule has 1 aliphatic rings. The second-order valence-corrected chi connectivity index (χ2v) is 5.19. The number of hydrogen-bond acceptors (Lipinski definition) is 3. The van der Waals surface area contributed by atoms with Crippen molar-refractivity contribution in [2.45, 2.75) is 25.0 Å². The minimum atomic E-state index is -0.679. The van der Waals surface area contributed by atoms with Gasteiger partial charge in [-0.1, -0.05) is 30.3 Å². The first kappa shape index (κ1) is 14.8. The molecule has 0 bridgehead atoms. The first-order valence-electron chi connectivity index (χ1n) is 6.97. The minimum absolute atomic E-state index is 0.0516. The summed E-state index contributed by atoms with van der Waals surface area (Å²) in [6.45, 7) is 0.400. The van der Waals surface area contributed by atoms with Crippen LogP contribution in [0.15, 0.2) is 30.3 Å². The second kappa shape index (κ2) is 7.26. The van der Waals surface area contributed by atoms with E-state index in [1.807, 2.05) is 30.3 Å². The number of nitrogens with one attached hydrogen (secondary N) is 2. The fourth-order valence-electron chi connectivity index (χ4n) is 2.22. The lowest BCUT2D eigenvalue weighted by Crippen LogP contribution is -2.42. The Balaban J connectivity index is 1.84. The van der Waals surface area contributed by atoms with Crippen LogP contribution in [0.3, 0.4) is 0 Å². The average molecular weight is 278 g/mol. The molecular formula is C15H22N2O3. The lowest BCUT2D eigenvalue weighted by atomic mass is 10.0. The van der Waals surface area contributed by atoms with Gasteiger partial charge in [-0.2, -0.15) is 0 Å². The van der Waals surface area contributed by atoms with Crippen LogP contribution in [0, 0.1) is 5.92 Å². The van der Waals surface area contributed by atoms with Crippen molar-refractivity contribution in [3.05, 3.63) is 35.9 Å². The number of ether oxygens (including phenoxy) is 1. The van der Waals surface area contributed by atoms with Crippen molar-refractivity contribution in [2.24, 2.45) is 5.92 Å². The highest BCUT2D eigenvalue weighted by molar-refractivity contribution is 5.74. The Morgan fingerprint density at radius 1 is 1.40 bits per heavy atom. The Kier molecular flexibility index (Phi) is 5.38. The lowest BCUT2D eigenvalue weighted by Gasteiger charge is -2.20. The highest BCUT2D eigenvalue weighted by Gasteiger charge is 2.33. The molecular weight excluding hydrogens is 256 g/mol. The molecule has 1 fully saturated rings. The molecule has 0 aliphatic heterocycles. The van der Waals surface area contributed by atoms with Crippen molar-refractivity contribution in [3.8, 4) is 0 Å². The number of urea groups is 1. The monoisotopic (exact) mass is 278 g/mol. The van der Waals surface area contributed by atoms with Crippen molar-refractivity contribution in [2.75, 3.05) is 20.3 Å². The summed E-state index contributed by atoms with van der Waals surface area (Å²) in [6, 6.07) is 9.79. The Labute approximate surface area is 119 Å². The highest BCUT2D eigenvalue weighted by atomic mass is 16.5. The van der Waals surface area contributed by atoms with E-state index >= 15 is 0 Å². The normalized spacial score (nSPS) is 17.3. The Morgan fingerprint density at radius 2 is 2.10 bits per heavy atom. The van der Waals surface area contributed by atoms with Crippen LogP contribution in [0.25, 0.3) is 0 Å². The predicted octanol–water partition coefficient (Wildman–Crippen LogP) is 1.44. The zero-order valence-corrected chi connectivity index (χ0v) is 11.7. The van der Waals surface area contributed by atoms with Gasteiger partial charge in [0.05, 0.1) is 18.8 Å². The Hall–Kier alpha value is -1.59. The fraction of sp³-hybridized carbons (Fsp3) is 0.533. The number of carbonyl (C=O) groups excluding carboxylic acids is 1. The SMILES string of the molecule is COCC(O)CNC(=O)NC(c1ccccc1)C1CC1. The van der Waals surface area contributed by atoms with E-state index in [-0.39, 0.29) is 25.2 Å². The standard InChI is InChI=1S/C15H22N2O3/c1-20-10-13(18)9-16-15(19)17-14(12-7-8-12)11-5-3-2-4-6-11/h2-6,12-14,18H,7-10H2,1H3,(H2,16,17,19). The molecule has 0 radical (unpaired) electrons. The number of rotatable bonds is 7. The van der Waals surface area contributed by atoms with Gasteiger partial charge in [-0.3, -0.25) is 0 Å². The smallest absolute Gasteiger partial charge is 0.315 e. The van der Waals surface area contributed by atoms with Gasteiger partial charge in [-0.15, -0.1) is 0 Å². The quantitative estimate of drug-likeness (QED) is 0.707. The van der Waals surface area contributed by atoms with Crippen LogP contribution in [0.1, 0.15) is 24.4 Å². The molecule has 1 aromatic carbocycles. The summed E-state index contributed by atoms with van der Waals surface area (Å²) in [7, 11) is 1.52. The van der Waals surface area contributed by atoms with E-state index in [4.69, 9.17) is 4.74 Å². The van der Waals surface area contributed by atoms with E-state index in [1.54, 1.807) is 0 Å². The molecule has 2 atom stereocenters. The van der Waals surface area contributed by atoms with Crippen LogP contribution < -0.4 is 10.6 Å². The van der Waals surface area contributed by atoms with Gasteiger partial charge in [-0.05, 0) is 24.3 Å². The second-order valence-electron chi connectivity index (χ2n) is 5.19. The maximum absolute atomic E-state index is 11.9. The minimum Gasteiger partial charge on any atom is -0.389 e. The third-order valence-electron chi connectivity index (χ3n) is 3.40. The molecule has 1 saturated carbocycles. The van der Waals surface area contributed by atoms with Gasteiger partial charge in [0.2, 0.25) is 0 Å². The van der Waals surface area contributed by atoms with E-state index in [9.17, 15) is 9.90 Å². The molecule has 1 aromatic rings. The molecule has 20 heavy (non-hydrogen) atoms. The van der Waals surface area contributed by atoms with Crippen molar-refractivity contribution < 1.29 is 14.6 Å². The van der Waals surface area contributed by atoms with E-state index in [0.717, 1.165) is 18.4 Å². The Bertz CT molecular complexity index is 420. The molecule has 0 aromatic heterocycles. The molecule has 0 saturated heterocycles. The van der Waals surface area contributed by atoms with Gasteiger partial charge in [0.15, 0.2) is 0 Å². The van der Waals surface area contributed by atoms with Crippen molar-refractivity contribution in [1.29, 1.82) is 0 Å². The van der Waals surface area contributed by atoms with Crippen molar-refractivity contribution in [1.82, 2.24) is 10.6 Å². The number of hydrogen-bond donors (Lipinski definition) is 3. The molecule has 0 spiro atoms. The molecule has 0 heterocycles. The van der Waals surface area contributed by atoms with Gasteiger partial charge in [0.1, 0.15) is 0 Å². The molecule has 2 amide bonds.